The second-order valence-corrected chi connectivity index (χ2v) is 6.94. The molecule has 0 bridgehead atoms. The van der Waals surface area contributed by atoms with Crippen molar-refractivity contribution in [1.29, 1.82) is 0 Å². The van der Waals surface area contributed by atoms with Crippen molar-refractivity contribution < 1.29 is 14.3 Å². The van der Waals surface area contributed by atoms with E-state index in [-0.39, 0.29) is 12.5 Å². The van der Waals surface area contributed by atoms with Crippen LogP contribution in [0, 0.1) is 6.92 Å². The Labute approximate surface area is 180 Å². The van der Waals surface area contributed by atoms with Crippen LogP contribution in [0.25, 0.3) is 10.9 Å². The Hall–Kier alpha value is -3.32. The number of benzene rings is 2. The van der Waals surface area contributed by atoms with E-state index in [1.54, 1.807) is 25.5 Å². The molecule has 1 amide bonds. The van der Waals surface area contributed by atoms with Crippen LogP contribution in [0.15, 0.2) is 47.6 Å². The molecule has 8 heteroatoms. The van der Waals surface area contributed by atoms with Gasteiger partial charge in [0.2, 0.25) is 0 Å². The van der Waals surface area contributed by atoms with Crippen LogP contribution >= 0.6 is 11.6 Å². The zero-order chi connectivity index (χ0) is 21.5. The summed E-state index contributed by atoms with van der Waals surface area (Å²) in [6, 6.07) is 12.8. The SMILES string of the molecule is CCNC(=O)COc1ccc(/C=N/Nc2cc(C)c3cc(Cl)ccc3n2)cc1OC. The van der Waals surface area contributed by atoms with Gasteiger partial charge in [-0.05, 0) is 67.4 Å². The molecule has 2 N–H and O–H groups in total. The number of nitrogens with zero attached hydrogens (tertiary/aromatic N) is 2. The van der Waals surface area contributed by atoms with E-state index in [1.165, 1.54) is 0 Å². The molecule has 2 aromatic carbocycles. The van der Waals surface area contributed by atoms with Gasteiger partial charge in [-0.15, -0.1) is 0 Å². The van der Waals surface area contributed by atoms with Gasteiger partial charge in [0.1, 0.15) is 5.82 Å². The molecule has 0 unspecified atom stereocenters. The van der Waals surface area contributed by atoms with Gasteiger partial charge in [0.15, 0.2) is 18.1 Å². The minimum absolute atomic E-state index is 0.0720. The Morgan fingerprint density at radius 2 is 2.03 bits per heavy atom. The van der Waals surface area contributed by atoms with E-state index in [0.717, 1.165) is 22.0 Å². The highest BCUT2D eigenvalue weighted by atomic mass is 35.5. The number of nitrogens with one attached hydrogen (secondary N) is 2. The lowest BCUT2D eigenvalue weighted by molar-refractivity contribution is -0.123. The third-order valence-corrected chi connectivity index (χ3v) is 4.53. The van der Waals surface area contributed by atoms with Crippen molar-refractivity contribution in [3.63, 3.8) is 0 Å². The van der Waals surface area contributed by atoms with Crippen molar-refractivity contribution in [2.24, 2.45) is 5.10 Å². The monoisotopic (exact) mass is 426 g/mol. The number of hydrogen-bond acceptors (Lipinski definition) is 6. The number of hydrazone groups is 1. The van der Waals surface area contributed by atoms with Gasteiger partial charge in [-0.25, -0.2) is 4.98 Å². The van der Waals surface area contributed by atoms with Gasteiger partial charge < -0.3 is 14.8 Å². The van der Waals surface area contributed by atoms with Gasteiger partial charge in [-0.2, -0.15) is 5.10 Å². The third-order valence-electron chi connectivity index (χ3n) is 4.29. The first-order chi connectivity index (χ1) is 14.5. The van der Waals surface area contributed by atoms with Gasteiger partial charge in [0, 0.05) is 17.0 Å². The molecule has 7 nitrogen and oxygen atoms in total. The van der Waals surface area contributed by atoms with E-state index >= 15 is 0 Å². The molecular formula is C22H23ClN4O3. The number of hydrogen-bond donors (Lipinski definition) is 2. The Bertz CT molecular complexity index is 1090. The van der Waals surface area contributed by atoms with Crippen LogP contribution in [0.1, 0.15) is 18.1 Å². The number of carbonyl (C=O) groups excluding carboxylic acids is 1. The van der Waals surface area contributed by atoms with Crippen molar-refractivity contribution in [3.8, 4) is 11.5 Å². The number of carbonyl (C=O) groups is 1. The molecule has 0 spiro atoms. The number of aryl methyl sites for hydroxylation is 1. The molecule has 30 heavy (non-hydrogen) atoms. The predicted molar refractivity (Wildman–Crippen MR) is 120 cm³/mol. The van der Waals surface area contributed by atoms with Gasteiger partial charge in [0.25, 0.3) is 5.91 Å². The summed E-state index contributed by atoms with van der Waals surface area (Å²) in [6.45, 7) is 4.34. The zero-order valence-electron chi connectivity index (χ0n) is 17.0. The fourth-order valence-corrected chi connectivity index (χ4v) is 3.04. The fraction of sp³-hybridized carbons (Fsp3) is 0.227. The molecule has 0 saturated carbocycles. The largest absolute Gasteiger partial charge is 0.493 e. The lowest BCUT2D eigenvalue weighted by Crippen LogP contribution is -2.28. The predicted octanol–water partition coefficient (Wildman–Crippen LogP) is 4.17. The minimum atomic E-state index is -0.185. The summed E-state index contributed by atoms with van der Waals surface area (Å²) in [5.41, 5.74) is 5.64. The van der Waals surface area contributed by atoms with Crippen molar-refractivity contribution in [2.75, 3.05) is 25.7 Å². The van der Waals surface area contributed by atoms with E-state index in [9.17, 15) is 4.79 Å². The molecule has 3 aromatic rings. The fourth-order valence-electron chi connectivity index (χ4n) is 2.87. The van der Waals surface area contributed by atoms with Crippen LogP contribution in [-0.4, -0.2) is 37.4 Å². The molecule has 1 aromatic heterocycles. The van der Waals surface area contributed by atoms with E-state index in [4.69, 9.17) is 21.1 Å². The Morgan fingerprint density at radius 3 is 2.80 bits per heavy atom. The molecule has 1 heterocycles. The average molecular weight is 427 g/mol. The average Bonchev–Trinajstić information content (AvgIpc) is 2.73. The molecule has 0 aliphatic carbocycles. The first kappa shape index (κ1) is 21.4. The van der Waals surface area contributed by atoms with Gasteiger partial charge >= 0.3 is 0 Å². The smallest absolute Gasteiger partial charge is 0.257 e. The van der Waals surface area contributed by atoms with Crippen LogP contribution < -0.4 is 20.2 Å². The number of methoxy groups -OCH3 is 1. The van der Waals surface area contributed by atoms with E-state index in [1.807, 2.05) is 44.2 Å². The van der Waals surface area contributed by atoms with Crippen LogP contribution in [-0.2, 0) is 4.79 Å². The molecule has 0 atom stereocenters. The topological polar surface area (TPSA) is 84.8 Å². The van der Waals surface area contributed by atoms with Crippen LogP contribution in [0.4, 0.5) is 5.82 Å². The van der Waals surface area contributed by atoms with Gasteiger partial charge in [0.05, 0.1) is 18.8 Å². The number of amides is 1. The van der Waals surface area contributed by atoms with E-state index < -0.39 is 0 Å². The molecule has 3 rings (SSSR count). The molecular weight excluding hydrogens is 404 g/mol. The molecule has 0 fully saturated rings. The summed E-state index contributed by atoms with van der Waals surface area (Å²) in [5.74, 6) is 1.45. The first-order valence-corrected chi connectivity index (χ1v) is 9.81. The maximum Gasteiger partial charge on any atom is 0.257 e. The number of pyridine rings is 1. The molecule has 0 aliphatic rings. The highest BCUT2D eigenvalue weighted by Gasteiger charge is 2.08. The summed E-state index contributed by atoms with van der Waals surface area (Å²) in [6.07, 6.45) is 1.65. The van der Waals surface area contributed by atoms with Crippen LogP contribution in [0.2, 0.25) is 5.02 Å². The maximum atomic E-state index is 11.6. The summed E-state index contributed by atoms with van der Waals surface area (Å²) in [7, 11) is 1.54. The van der Waals surface area contributed by atoms with Crippen molar-refractivity contribution in [1.82, 2.24) is 10.3 Å². The van der Waals surface area contributed by atoms with E-state index in [0.29, 0.717) is 28.9 Å². The standard InChI is InChI=1S/C22H23ClN4O3/c1-4-24-22(28)13-30-19-8-5-15(10-20(19)29-3)12-25-27-21-9-14(2)17-11-16(23)6-7-18(17)26-21/h5-12H,4,13H2,1-3H3,(H,24,28)(H,26,27)/b25-12+. The number of likely N-dealkylation sites (N-methyl/N-ethyl adjacent to an activating group) is 1. The number of aromatic nitrogens is 1. The number of ether oxygens (including phenoxy) is 2. The number of anilines is 1. The minimum Gasteiger partial charge on any atom is -0.493 e. The first-order valence-electron chi connectivity index (χ1n) is 9.43. The summed E-state index contributed by atoms with van der Waals surface area (Å²) < 4.78 is 10.9. The van der Waals surface area contributed by atoms with Crippen LogP contribution in [0.5, 0.6) is 11.5 Å². The molecule has 0 radical (unpaired) electrons. The number of rotatable bonds is 8. The van der Waals surface area contributed by atoms with Crippen LogP contribution in [0.3, 0.4) is 0 Å². The second-order valence-electron chi connectivity index (χ2n) is 6.51. The Balaban J connectivity index is 1.69. The van der Waals surface area contributed by atoms with Gasteiger partial charge in [-0.3, -0.25) is 10.2 Å². The normalized spacial score (nSPS) is 10.9. The number of fused-ring (bicyclic) bond motifs is 1. The van der Waals surface area contributed by atoms with Crippen molar-refractivity contribution in [2.45, 2.75) is 13.8 Å². The quantitative estimate of drug-likeness (QED) is 0.417. The van der Waals surface area contributed by atoms with E-state index in [2.05, 4.69) is 20.8 Å². The number of halogens is 1. The highest BCUT2D eigenvalue weighted by molar-refractivity contribution is 6.31. The Kier molecular flexibility index (Phi) is 7.08. The lowest BCUT2D eigenvalue weighted by atomic mass is 10.1. The zero-order valence-corrected chi connectivity index (χ0v) is 17.8. The maximum absolute atomic E-state index is 11.6. The second kappa shape index (κ2) is 9.93. The molecule has 0 saturated heterocycles. The Morgan fingerprint density at radius 1 is 1.20 bits per heavy atom. The third kappa shape index (κ3) is 5.39. The highest BCUT2D eigenvalue weighted by Crippen LogP contribution is 2.27. The summed E-state index contributed by atoms with van der Waals surface area (Å²) in [4.78, 5) is 16.1. The molecule has 156 valence electrons. The van der Waals surface area contributed by atoms with Gasteiger partial charge in [-0.1, -0.05) is 11.6 Å². The summed E-state index contributed by atoms with van der Waals surface area (Å²) >= 11 is 6.06. The lowest BCUT2D eigenvalue weighted by Gasteiger charge is -2.11. The molecule has 0 aliphatic heterocycles. The van der Waals surface area contributed by atoms with Crippen molar-refractivity contribution >= 4 is 40.4 Å². The van der Waals surface area contributed by atoms with Crippen molar-refractivity contribution in [3.05, 3.63) is 58.6 Å². The summed E-state index contributed by atoms with van der Waals surface area (Å²) in [5, 5.41) is 8.62.